The first kappa shape index (κ1) is 23.1. The fourth-order valence-electron chi connectivity index (χ4n) is 5.03. The molecule has 2 aromatic rings. The van der Waals surface area contributed by atoms with Crippen LogP contribution in [0, 0.1) is 17.7 Å². The van der Waals surface area contributed by atoms with Crippen LogP contribution in [0.2, 0.25) is 0 Å². The average molecular weight is 455 g/mol. The fraction of sp³-hybridized carbons (Fsp3) is 0.462. The number of benzene rings is 2. The van der Waals surface area contributed by atoms with Crippen molar-refractivity contribution in [2.75, 3.05) is 19.6 Å². The zero-order chi connectivity index (χ0) is 23.6. The highest BCUT2D eigenvalue weighted by atomic mass is 19.1. The lowest BCUT2D eigenvalue weighted by molar-refractivity contribution is 0.0206. The maximum Gasteiger partial charge on any atom is 0.410 e. The molecule has 3 atom stereocenters. The van der Waals surface area contributed by atoms with Gasteiger partial charge < -0.3 is 19.7 Å². The van der Waals surface area contributed by atoms with E-state index in [-0.39, 0.29) is 30.4 Å². The molecule has 33 heavy (non-hydrogen) atoms. The SMILES string of the molecule is CC(C)(C)OC(=O)N1CCC2C(C1)C2(CNC(=O)OCc1ccccc1)c1cccc(F)c1. The summed E-state index contributed by atoms with van der Waals surface area (Å²) in [5.41, 5.74) is 0.735. The predicted octanol–water partition coefficient (Wildman–Crippen LogP) is 4.88. The molecule has 4 rings (SSSR count). The number of carbonyl (C=O) groups excluding carboxylic acids is 2. The number of piperidine rings is 1. The molecule has 1 saturated heterocycles. The Bertz CT molecular complexity index is 1010. The van der Waals surface area contributed by atoms with Crippen LogP contribution in [0.4, 0.5) is 14.0 Å². The second-order valence-electron chi connectivity index (χ2n) is 9.89. The van der Waals surface area contributed by atoms with Gasteiger partial charge in [0.05, 0.1) is 0 Å². The maximum atomic E-state index is 14.1. The molecule has 0 spiro atoms. The van der Waals surface area contributed by atoms with Gasteiger partial charge in [-0.05, 0) is 62.3 Å². The minimum atomic E-state index is -0.568. The number of alkyl carbamates (subject to hydrolysis) is 1. The van der Waals surface area contributed by atoms with Crippen LogP contribution in [0.15, 0.2) is 54.6 Å². The van der Waals surface area contributed by atoms with Crippen LogP contribution < -0.4 is 5.32 Å². The molecule has 2 amide bonds. The van der Waals surface area contributed by atoms with Gasteiger partial charge in [0, 0.05) is 25.0 Å². The summed E-state index contributed by atoms with van der Waals surface area (Å²) in [7, 11) is 0. The minimum absolute atomic E-state index is 0.106. The third-order valence-electron chi connectivity index (χ3n) is 6.58. The van der Waals surface area contributed by atoms with E-state index in [4.69, 9.17) is 9.47 Å². The van der Waals surface area contributed by atoms with Gasteiger partial charge in [0.15, 0.2) is 0 Å². The van der Waals surface area contributed by atoms with Crippen molar-refractivity contribution in [3.63, 3.8) is 0 Å². The van der Waals surface area contributed by atoms with E-state index in [2.05, 4.69) is 5.32 Å². The molecule has 6 nitrogen and oxygen atoms in total. The molecule has 2 fully saturated rings. The molecule has 2 aromatic carbocycles. The van der Waals surface area contributed by atoms with Crippen molar-refractivity contribution in [3.8, 4) is 0 Å². The first-order valence-corrected chi connectivity index (χ1v) is 11.4. The number of hydrogen-bond donors (Lipinski definition) is 1. The second kappa shape index (κ2) is 9.04. The average Bonchev–Trinajstić information content (AvgIpc) is 3.43. The summed E-state index contributed by atoms with van der Waals surface area (Å²) in [5.74, 6) is 0.0357. The Balaban J connectivity index is 1.45. The van der Waals surface area contributed by atoms with Gasteiger partial charge in [0.1, 0.15) is 18.0 Å². The van der Waals surface area contributed by atoms with Crippen molar-refractivity contribution >= 4 is 12.2 Å². The number of likely N-dealkylation sites (tertiary alicyclic amines) is 1. The first-order chi connectivity index (χ1) is 15.7. The van der Waals surface area contributed by atoms with Crippen molar-refractivity contribution in [2.24, 2.45) is 11.8 Å². The number of amides is 2. The Labute approximate surface area is 194 Å². The molecule has 1 saturated carbocycles. The van der Waals surface area contributed by atoms with Gasteiger partial charge in [-0.25, -0.2) is 14.0 Å². The summed E-state index contributed by atoms with van der Waals surface area (Å²) < 4.78 is 25.0. The summed E-state index contributed by atoms with van der Waals surface area (Å²) in [4.78, 5) is 26.8. The van der Waals surface area contributed by atoms with Gasteiger partial charge in [-0.1, -0.05) is 42.5 Å². The summed E-state index contributed by atoms with van der Waals surface area (Å²) >= 11 is 0. The molecular weight excluding hydrogens is 423 g/mol. The summed E-state index contributed by atoms with van der Waals surface area (Å²) in [6.07, 6.45) is -0.0836. The Hall–Kier alpha value is -3.09. The van der Waals surface area contributed by atoms with Crippen LogP contribution >= 0.6 is 0 Å². The molecule has 1 aliphatic carbocycles. The molecule has 1 heterocycles. The lowest BCUT2D eigenvalue weighted by atomic mass is 9.91. The number of carbonyl (C=O) groups is 2. The smallest absolute Gasteiger partial charge is 0.410 e. The van der Waals surface area contributed by atoms with Gasteiger partial charge in [0.25, 0.3) is 0 Å². The van der Waals surface area contributed by atoms with E-state index in [1.165, 1.54) is 12.1 Å². The molecular formula is C26H31FN2O4. The number of halogens is 1. The number of fused-ring (bicyclic) bond motifs is 1. The van der Waals surface area contributed by atoms with E-state index >= 15 is 0 Å². The predicted molar refractivity (Wildman–Crippen MR) is 122 cm³/mol. The molecule has 0 aromatic heterocycles. The van der Waals surface area contributed by atoms with E-state index in [9.17, 15) is 14.0 Å². The Morgan fingerprint density at radius 1 is 1.12 bits per heavy atom. The van der Waals surface area contributed by atoms with Gasteiger partial charge in [-0.15, -0.1) is 0 Å². The van der Waals surface area contributed by atoms with E-state index in [0.29, 0.717) is 19.6 Å². The number of ether oxygens (including phenoxy) is 2. The molecule has 1 aliphatic heterocycles. The minimum Gasteiger partial charge on any atom is -0.445 e. The molecule has 3 unspecified atom stereocenters. The standard InChI is InChI=1S/C26H31FN2O4/c1-25(2,3)33-24(31)29-13-12-21-22(15-29)26(21,19-10-7-11-20(27)14-19)17-28-23(30)32-16-18-8-5-4-6-9-18/h4-11,14,21-22H,12-13,15-17H2,1-3H3,(H,28,30). The molecule has 7 heteroatoms. The van der Waals surface area contributed by atoms with Crippen LogP contribution in [0.1, 0.15) is 38.3 Å². The van der Waals surface area contributed by atoms with E-state index < -0.39 is 17.1 Å². The number of nitrogens with zero attached hydrogens (tertiary/aromatic N) is 1. The number of hydrogen-bond acceptors (Lipinski definition) is 4. The van der Waals surface area contributed by atoms with Gasteiger partial charge in [-0.3, -0.25) is 0 Å². The second-order valence-corrected chi connectivity index (χ2v) is 9.89. The highest BCUT2D eigenvalue weighted by molar-refractivity contribution is 5.69. The molecule has 1 N–H and O–H groups in total. The normalized spacial score (nSPS) is 23.9. The van der Waals surface area contributed by atoms with Crippen molar-refractivity contribution < 1.29 is 23.5 Å². The van der Waals surface area contributed by atoms with Crippen LogP contribution in [-0.2, 0) is 21.5 Å². The van der Waals surface area contributed by atoms with E-state index in [0.717, 1.165) is 17.5 Å². The van der Waals surface area contributed by atoms with Crippen molar-refractivity contribution in [2.45, 2.75) is 44.8 Å². The zero-order valence-corrected chi connectivity index (χ0v) is 19.3. The number of rotatable bonds is 5. The Kier molecular flexibility index (Phi) is 6.32. The quantitative estimate of drug-likeness (QED) is 0.700. The zero-order valence-electron chi connectivity index (χ0n) is 19.3. The largest absolute Gasteiger partial charge is 0.445 e. The van der Waals surface area contributed by atoms with Crippen LogP contribution in [0.3, 0.4) is 0 Å². The van der Waals surface area contributed by atoms with Crippen LogP contribution in [-0.4, -0.2) is 42.3 Å². The first-order valence-electron chi connectivity index (χ1n) is 11.4. The Morgan fingerprint density at radius 2 is 1.88 bits per heavy atom. The van der Waals surface area contributed by atoms with Crippen LogP contribution in [0.5, 0.6) is 0 Å². The van der Waals surface area contributed by atoms with E-state index in [1.54, 1.807) is 11.0 Å². The molecule has 0 radical (unpaired) electrons. The molecule has 0 bridgehead atoms. The molecule has 176 valence electrons. The van der Waals surface area contributed by atoms with Gasteiger partial charge >= 0.3 is 12.2 Å². The van der Waals surface area contributed by atoms with E-state index in [1.807, 2.05) is 57.2 Å². The molecule has 2 aliphatic rings. The van der Waals surface area contributed by atoms with Gasteiger partial charge in [0.2, 0.25) is 0 Å². The van der Waals surface area contributed by atoms with Crippen molar-refractivity contribution in [1.29, 1.82) is 0 Å². The summed E-state index contributed by atoms with van der Waals surface area (Å²) in [5, 5.41) is 2.89. The highest BCUT2D eigenvalue weighted by Gasteiger charge is 2.66. The Morgan fingerprint density at radius 3 is 2.58 bits per heavy atom. The third kappa shape index (κ3) is 5.13. The van der Waals surface area contributed by atoms with Crippen molar-refractivity contribution in [1.82, 2.24) is 10.2 Å². The highest BCUT2D eigenvalue weighted by Crippen LogP contribution is 2.63. The lowest BCUT2D eigenvalue weighted by Crippen LogP contribution is -2.41. The maximum absolute atomic E-state index is 14.1. The lowest BCUT2D eigenvalue weighted by Gasteiger charge is -2.29. The van der Waals surface area contributed by atoms with Crippen molar-refractivity contribution in [3.05, 3.63) is 71.5 Å². The van der Waals surface area contributed by atoms with Gasteiger partial charge in [-0.2, -0.15) is 0 Å². The summed E-state index contributed by atoms with van der Waals surface area (Å²) in [6.45, 7) is 7.12. The fourth-order valence-corrected chi connectivity index (χ4v) is 5.03. The van der Waals surface area contributed by atoms with Crippen LogP contribution in [0.25, 0.3) is 0 Å². The topological polar surface area (TPSA) is 67.9 Å². The monoisotopic (exact) mass is 454 g/mol. The number of nitrogens with one attached hydrogen (secondary N) is 1. The summed E-state index contributed by atoms with van der Waals surface area (Å²) in [6, 6.07) is 16.0. The third-order valence-corrected chi connectivity index (χ3v) is 6.58.